The Morgan fingerprint density at radius 3 is 3.00 bits per heavy atom. The van der Waals surface area contributed by atoms with E-state index >= 15 is 0 Å². The predicted octanol–water partition coefficient (Wildman–Crippen LogP) is 1.71. The number of likely N-dealkylation sites (N-methyl/N-ethyl adjacent to an activating group) is 1. The van der Waals surface area contributed by atoms with Gasteiger partial charge < -0.3 is 14.6 Å². The first-order valence-electron chi connectivity index (χ1n) is 6.85. The third kappa shape index (κ3) is 4.26. The smallest absolute Gasteiger partial charge is 0.239 e. The normalized spacial score (nSPS) is 17.1. The third-order valence-corrected chi connectivity index (χ3v) is 3.40. The molecule has 2 amide bonds. The standard InChI is InChI=1S/C15H20N2O3/c1-17(15(19)9-12-5-2-3-6-12)11-14(18)16-10-13-7-4-8-20-13/h2,4-5,7-8,12H,3,6,9-11H2,1H3,(H,16,18)/t12-/m0/s1. The summed E-state index contributed by atoms with van der Waals surface area (Å²) in [5.74, 6) is 0.855. The molecule has 0 aromatic carbocycles. The molecule has 0 fully saturated rings. The second-order valence-electron chi connectivity index (χ2n) is 5.08. The first-order chi connectivity index (χ1) is 9.65. The van der Waals surface area contributed by atoms with Crippen molar-refractivity contribution < 1.29 is 14.0 Å². The molecule has 20 heavy (non-hydrogen) atoms. The number of hydrogen-bond acceptors (Lipinski definition) is 3. The van der Waals surface area contributed by atoms with E-state index in [0.717, 1.165) is 12.8 Å². The highest BCUT2D eigenvalue weighted by Crippen LogP contribution is 2.20. The fourth-order valence-corrected chi connectivity index (χ4v) is 2.20. The molecule has 0 aliphatic heterocycles. The molecule has 1 aromatic rings. The highest BCUT2D eigenvalue weighted by Gasteiger charge is 2.18. The molecule has 5 nitrogen and oxygen atoms in total. The number of amides is 2. The van der Waals surface area contributed by atoms with Crippen LogP contribution in [0.5, 0.6) is 0 Å². The van der Waals surface area contributed by atoms with Crippen LogP contribution in [0.15, 0.2) is 35.0 Å². The maximum absolute atomic E-state index is 12.0. The lowest BCUT2D eigenvalue weighted by molar-refractivity contribution is -0.135. The van der Waals surface area contributed by atoms with E-state index in [9.17, 15) is 9.59 Å². The van der Waals surface area contributed by atoms with Crippen molar-refractivity contribution in [1.29, 1.82) is 0 Å². The molecular weight excluding hydrogens is 256 g/mol. The number of nitrogens with one attached hydrogen (secondary N) is 1. The molecule has 1 aliphatic rings. The van der Waals surface area contributed by atoms with E-state index in [0.29, 0.717) is 24.6 Å². The van der Waals surface area contributed by atoms with E-state index in [1.807, 2.05) is 0 Å². The number of allylic oxidation sites excluding steroid dienone is 2. The summed E-state index contributed by atoms with van der Waals surface area (Å²) in [7, 11) is 1.66. The number of carbonyl (C=O) groups excluding carboxylic acids is 2. The summed E-state index contributed by atoms with van der Waals surface area (Å²) >= 11 is 0. The molecule has 5 heteroatoms. The van der Waals surface area contributed by atoms with Crippen LogP contribution in [0.2, 0.25) is 0 Å². The molecule has 1 N–H and O–H groups in total. The Morgan fingerprint density at radius 1 is 1.50 bits per heavy atom. The first kappa shape index (κ1) is 14.4. The van der Waals surface area contributed by atoms with Gasteiger partial charge in [-0.2, -0.15) is 0 Å². The Morgan fingerprint density at radius 2 is 2.35 bits per heavy atom. The van der Waals surface area contributed by atoms with Crippen LogP contribution in [-0.4, -0.2) is 30.3 Å². The topological polar surface area (TPSA) is 62.6 Å². The van der Waals surface area contributed by atoms with Crippen LogP contribution >= 0.6 is 0 Å². The van der Waals surface area contributed by atoms with Gasteiger partial charge in [-0.05, 0) is 30.9 Å². The molecule has 1 atom stereocenters. The molecule has 108 valence electrons. The van der Waals surface area contributed by atoms with E-state index in [1.54, 1.807) is 25.4 Å². The lowest BCUT2D eigenvalue weighted by Gasteiger charge is -2.18. The molecule has 1 aliphatic carbocycles. The van der Waals surface area contributed by atoms with Gasteiger partial charge in [0, 0.05) is 13.5 Å². The van der Waals surface area contributed by atoms with Crippen molar-refractivity contribution >= 4 is 11.8 Å². The SMILES string of the molecule is CN(CC(=O)NCc1ccco1)C(=O)C[C@H]1C=CCC1. The van der Waals surface area contributed by atoms with Gasteiger partial charge in [0.15, 0.2) is 0 Å². The van der Waals surface area contributed by atoms with Gasteiger partial charge in [-0.15, -0.1) is 0 Å². The van der Waals surface area contributed by atoms with Crippen LogP contribution < -0.4 is 5.32 Å². The van der Waals surface area contributed by atoms with Crippen molar-refractivity contribution in [2.45, 2.75) is 25.8 Å². The minimum absolute atomic E-state index is 0.00898. The first-order valence-corrected chi connectivity index (χ1v) is 6.85. The summed E-state index contributed by atoms with van der Waals surface area (Å²) in [5, 5.41) is 2.72. The van der Waals surface area contributed by atoms with Crippen LogP contribution in [-0.2, 0) is 16.1 Å². The van der Waals surface area contributed by atoms with Crippen molar-refractivity contribution in [1.82, 2.24) is 10.2 Å². The largest absolute Gasteiger partial charge is 0.467 e. The Labute approximate surface area is 118 Å². The Hall–Kier alpha value is -2.04. The van der Waals surface area contributed by atoms with Gasteiger partial charge in [0.05, 0.1) is 19.4 Å². The van der Waals surface area contributed by atoms with Crippen molar-refractivity contribution in [3.8, 4) is 0 Å². The van der Waals surface area contributed by atoms with Gasteiger partial charge in [-0.1, -0.05) is 12.2 Å². The summed E-state index contributed by atoms with van der Waals surface area (Å²) < 4.78 is 5.12. The summed E-state index contributed by atoms with van der Waals surface area (Å²) in [5.41, 5.74) is 0. The molecule has 0 saturated carbocycles. The fraction of sp³-hybridized carbons (Fsp3) is 0.467. The number of furan rings is 1. The van der Waals surface area contributed by atoms with Crippen LogP contribution in [0, 0.1) is 5.92 Å². The zero-order chi connectivity index (χ0) is 14.4. The van der Waals surface area contributed by atoms with E-state index in [2.05, 4.69) is 17.5 Å². The average molecular weight is 276 g/mol. The van der Waals surface area contributed by atoms with E-state index in [-0.39, 0.29) is 18.4 Å². The highest BCUT2D eigenvalue weighted by molar-refractivity contribution is 5.84. The molecule has 0 saturated heterocycles. The molecule has 0 unspecified atom stereocenters. The minimum atomic E-state index is -0.181. The molecule has 2 rings (SSSR count). The summed E-state index contributed by atoms with van der Waals surface area (Å²) in [4.78, 5) is 25.2. The lowest BCUT2D eigenvalue weighted by Crippen LogP contribution is -2.38. The quantitative estimate of drug-likeness (QED) is 0.805. The van der Waals surface area contributed by atoms with E-state index in [1.165, 1.54) is 4.90 Å². The Kier molecular flexibility index (Phi) is 4.98. The van der Waals surface area contributed by atoms with Crippen molar-refractivity contribution in [2.75, 3.05) is 13.6 Å². The summed E-state index contributed by atoms with van der Waals surface area (Å²) in [6.45, 7) is 0.426. The van der Waals surface area contributed by atoms with Crippen LogP contribution in [0.1, 0.15) is 25.0 Å². The highest BCUT2D eigenvalue weighted by atomic mass is 16.3. The Balaban J connectivity index is 1.69. The maximum Gasteiger partial charge on any atom is 0.239 e. The zero-order valence-corrected chi connectivity index (χ0v) is 11.7. The number of hydrogen-bond donors (Lipinski definition) is 1. The average Bonchev–Trinajstić information content (AvgIpc) is 3.09. The zero-order valence-electron chi connectivity index (χ0n) is 11.7. The van der Waals surface area contributed by atoms with Crippen LogP contribution in [0.4, 0.5) is 0 Å². The van der Waals surface area contributed by atoms with Gasteiger partial charge in [0.2, 0.25) is 11.8 Å². The second-order valence-corrected chi connectivity index (χ2v) is 5.08. The second kappa shape index (κ2) is 6.93. The lowest BCUT2D eigenvalue weighted by atomic mass is 10.0. The third-order valence-electron chi connectivity index (χ3n) is 3.40. The van der Waals surface area contributed by atoms with Crippen molar-refractivity contribution in [3.05, 3.63) is 36.3 Å². The van der Waals surface area contributed by atoms with Crippen LogP contribution in [0.3, 0.4) is 0 Å². The summed E-state index contributed by atoms with van der Waals surface area (Å²) in [6.07, 6.45) is 8.32. The summed E-state index contributed by atoms with van der Waals surface area (Å²) in [6, 6.07) is 3.56. The van der Waals surface area contributed by atoms with Gasteiger partial charge in [-0.25, -0.2) is 0 Å². The fourth-order valence-electron chi connectivity index (χ4n) is 2.20. The van der Waals surface area contributed by atoms with Gasteiger partial charge in [-0.3, -0.25) is 9.59 Å². The van der Waals surface area contributed by atoms with Crippen LogP contribution in [0.25, 0.3) is 0 Å². The van der Waals surface area contributed by atoms with E-state index in [4.69, 9.17) is 4.42 Å². The van der Waals surface area contributed by atoms with Gasteiger partial charge >= 0.3 is 0 Å². The van der Waals surface area contributed by atoms with Gasteiger partial charge in [0.25, 0.3) is 0 Å². The molecule has 0 spiro atoms. The predicted molar refractivity (Wildman–Crippen MR) is 74.7 cm³/mol. The number of carbonyl (C=O) groups is 2. The molecule has 1 aromatic heterocycles. The van der Waals surface area contributed by atoms with Crippen molar-refractivity contribution in [2.24, 2.45) is 5.92 Å². The van der Waals surface area contributed by atoms with Gasteiger partial charge in [0.1, 0.15) is 5.76 Å². The maximum atomic E-state index is 12.0. The molecule has 0 radical (unpaired) electrons. The number of nitrogens with zero attached hydrogens (tertiary/aromatic N) is 1. The Bertz CT molecular complexity index is 479. The minimum Gasteiger partial charge on any atom is -0.467 e. The van der Waals surface area contributed by atoms with Crippen molar-refractivity contribution in [3.63, 3.8) is 0 Å². The molecule has 1 heterocycles. The molecule has 0 bridgehead atoms. The van der Waals surface area contributed by atoms with E-state index < -0.39 is 0 Å². The monoisotopic (exact) mass is 276 g/mol. The number of rotatable bonds is 6. The molecular formula is C15H20N2O3.